The van der Waals surface area contributed by atoms with Crippen LogP contribution in [0.25, 0.3) is 0 Å². The molecule has 0 radical (unpaired) electrons. The molecule has 0 bridgehead atoms. The monoisotopic (exact) mass is 455 g/mol. The molecule has 1 aromatic carbocycles. The molecule has 4 aliphatic rings. The van der Waals surface area contributed by atoms with Gasteiger partial charge in [0.05, 0.1) is 6.10 Å². The molecule has 3 saturated heterocycles. The minimum atomic E-state index is -0.503. The minimum absolute atomic E-state index is 0.0447. The van der Waals surface area contributed by atoms with Crippen LogP contribution in [0.4, 0.5) is 4.79 Å². The number of carbonyl (C=O) groups is 2. The quantitative estimate of drug-likeness (QED) is 0.739. The maximum Gasteiger partial charge on any atom is 0.410 e. The summed E-state index contributed by atoms with van der Waals surface area (Å²) in [6.45, 7) is 5.33. The van der Waals surface area contributed by atoms with Crippen molar-refractivity contribution in [3.05, 3.63) is 35.9 Å². The molecule has 3 aliphatic heterocycles. The van der Waals surface area contributed by atoms with Gasteiger partial charge in [-0.2, -0.15) is 0 Å². The predicted octanol–water partition coefficient (Wildman–Crippen LogP) is 3.01. The Morgan fingerprint density at radius 2 is 1.94 bits per heavy atom. The SMILES string of the molecule is C[C@H]1C(=O)N2[C@@H](CCN3CCC4(CC4)[C@H](O)C3)CCC[C@H]2CN1C(=O)OCc1ccccc1. The van der Waals surface area contributed by atoms with Crippen LogP contribution in [0.1, 0.15) is 57.4 Å². The lowest BCUT2D eigenvalue weighted by atomic mass is 9.88. The predicted molar refractivity (Wildman–Crippen MR) is 124 cm³/mol. The highest BCUT2D eigenvalue weighted by Crippen LogP contribution is 2.53. The normalized spacial score (nSPS) is 31.4. The molecule has 7 nitrogen and oxygen atoms in total. The Labute approximate surface area is 196 Å². The highest BCUT2D eigenvalue weighted by molar-refractivity contribution is 5.87. The van der Waals surface area contributed by atoms with Crippen molar-refractivity contribution in [1.82, 2.24) is 14.7 Å². The molecule has 1 N–H and O–H groups in total. The smallest absolute Gasteiger partial charge is 0.410 e. The number of hydrogen-bond acceptors (Lipinski definition) is 5. The number of benzene rings is 1. The number of amides is 2. The van der Waals surface area contributed by atoms with Gasteiger partial charge in [0.25, 0.3) is 0 Å². The fourth-order valence-corrected chi connectivity index (χ4v) is 6.11. The van der Waals surface area contributed by atoms with Crippen molar-refractivity contribution in [2.24, 2.45) is 5.41 Å². The summed E-state index contributed by atoms with van der Waals surface area (Å²) in [6, 6.07) is 9.41. The zero-order chi connectivity index (χ0) is 23.0. The number of ether oxygens (including phenoxy) is 1. The van der Waals surface area contributed by atoms with E-state index in [4.69, 9.17) is 4.74 Å². The summed E-state index contributed by atoms with van der Waals surface area (Å²) in [5, 5.41) is 10.5. The number of piperidine rings is 2. The van der Waals surface area contributed by atoms with Gasteiger partial charge in [0.15, 0.2) is 0 Å². The van der Waals surface area contributed by atoms with Crippen LogP contribution in [0.2, 0.25) is 0 Å². The summed E-state index contributed by atoms with van der Waals surface area (Å²) in [5.41, 5.74) is 1.17. The third-order valence-electron chi connectivity index (χ3n) is 8.52. The van der Waals surface area contributed by atoms with Crippen molar-refractivity contribution >= 4 is 12.0 Å². The van der Waals surface area contributed by atoms with Crippen LogP contribution in [0.15, 0.2) is 30.3 Å². The van der Waals surface area contributed by atoms with Crippen molar-refractivity contribution < 1.29 is 19.4 Å². The van der Waals surface area contributed by atoms with E-state index in [9.17, 15) is 14.7 Å². The van der Waals surface area contributed by atoms with E-state index < -0.39 is 12.1 Å². The minimum Gasteiger partial charge on any atom is -0.445 e. The number of aliphatic hydroxyl groups excluding tert-OH is 1. The summed E-state index contributed by atoms with van der Waals surface area (Å²) in [6.07, 6.45) is 6.82. The zero-order valence-electron chi connectivity index (χ0n) is 19.7. The topological polar surface area (TPSA) is 73.3 Å². The zero-order valence-corrected chi connectivity index (χ0v) is 19.7. The molecule has 3 heterocycles. The molecule has 180 valence electrons. The summed E-state index contributed by atoms with van der Waals surface area (Å²) in [4.78, 5) is 32.3. The number of rotatable bonds is 5. The third-order valence-corrected chi connectivity index (χ3v) is 8.52. The molecule has 5 rings (SSSR count). The Kier molecular flexibility index (Phi) is 6.36. The molecule has 1 saturated carbocycles. The van der Waals surface area contributed by atoms with Gasteiger partial charge in [0, 0.05) is 31.7 Å². The van der Waals surface area contributed by atoms with Gasteiger partial charge in [0.2, 0.25) is 5.91 Å². The second-order valence-electron chi connectivity index (χ2n) is 10.6. The largest absolute Gasteiger partial charge is 0.445 e. The molecule has 0 aromatic heterocycles. The first-order valence-corrected chi connectivity index (χ1v) is 12.7. The molecule has 2 amide bonds. The average molecular weight is 456 g/mol. The van der Waals surface area contributed by atoms with Crippen LogP contribution in [-0.2, 0) is 16.1 Å². The van der Waals surface area contributed by atoms with Crippen molar-refractivity contribution in [3.8, 4) is 0 Å². The van der Waals surface area contributed by atoms with E-state index in [1.807, 2.05) is 37.3 Å². The fraction of sp³-hybridized carbons (Fsp3) is 0.692. The van der Waals surface area contributed by atoms with Gasteiger partial charge in [-0.3, -0.25) is 9.69 Å². The Morgan fingerprint density at radius 1 is 1.15 bits per heavy atom. The number of piperazine rings is 1. The van der Waals surface area contributed by atoms with Crippen molar-refractivity contribution in [1.29, 1.82) is 0 Å². The number of carbonyl (C=O) groups excluding carboxylic acids is 2. The lowest BCUT2D eigenvalue weighted by molar-refractivity contribution is -0.150. The number of nitrogens with zero attached hydrogens (tertiary/aromatic N) is 3. The third kappa shape index (κ3) is 4.62. The number of fused-ring (bicyclic) bond motifs is 1. The molecule has 1 aromatic rings. The van der Waals surface area contributed by atoms with E-state index in [0.29, 0.717) is 6.54 Å². The van der Waals surface area contributed by atoms with E-state index in [1.54, 1.807) is 4.90 Å². The molecule has 4 atom stereocenters. The van der Waals surface area contributed by atoms with E-state index in [1.165, 1.54) is 12.8 Å². The molecule has 1 spiro atoms. The summed E-state index contributed by atoms with van der Waals surface area (Å²) < 4.78 is 5.54. The van der Waals surface area contributed by atoms with Gasteiger partial charge in [-0.25, -0.2) is 4.79 Å². The second-order valence-corrected chi connectivity index (χ2v) is 10.6. The van der Waals surface area contributed by atoms with Crippen molar-refractivity contribution in [2.75, 3.05) is 26.2 Å². The van der Waals surface area contributed by atoms with E-state index in [-0.39, 0.29) is 36.1 Å². The lowest BCUT2D eigenvalue weighted by Gasteiger charge is -2.50. The van der Waals surface area contributed by atoms with Crippen molar-refractivity contribution in [2.45, 2.75) is 82.7 Å². The van der Waals surface area contributed by atoms with E-state index in [0.717, 1.165) is 57.3 Å². The van der Waals surface area contributed by atoms with Crippen LogP contribution >= 0.6 is 0 Å². The molecule has 4 fully saturated rings. The highest BCUT2D eigenvalue weighted by Gasteiger charge is 2.51. The fourth-order valence-electron chi connectivity index (χ4n) is 6.11. The summed E-state index contributed by atoms with van der Waals surface area (Å²) >= 11 is 0. The van der Waals surface area contributed by atoms with Crippen LogP contribution < -0.4 is 0 Å². The van der Waals surface area contributed by atoms with Gasteiger partial charge in [0.1, 0.15) is 12.6 Å². The maximum atomic E-state index is 13.4. The molecule has 0 unspecified atom stereocenters. The van der Waals surface area contributed by atoms with Gasteiger partial charge >= 0.3 is 6.09 Å². The van der Waals surface area contributed by atoms with Gasteiger partial charge in [-0.1, -0.05) is 30.3 Å². The molecule has 7 heteroatoms. The molecular weight excluding hydrogens is 418 g/mol. The van der Waals surface area contributed by atoms with Crippen molar-refractivity contribution in [3.63, 3.8) is 0 Å². The van der Waals surface area contributed by atoms with Gasteiger partial charge in [-0.05, 0) is 69.4 Å². The van der Waals surface area contributed by atoms with Gasteiger partial charge in [-0.15, -0.1) is 0 Å². The first-order valence-electron chi connectivity index (χ1n) is 12.7. The number of likely N-dealkylation sites (tertiary alicyclic amines) is 1. The Hall–Kier alpha value is -2.12. The van der Waals surface area contributed by atoms with Crippen LogP contribution in [0.5, 0.6) is 0 Å². The lowest BCUT2D eigenvalue weighted by Crippen LogP contribution is -2.66. The number of hydrogen-bond donors (Lipinski definition) is 1. The second kappa shape index (κ2) is 9.26. The highest BCUT2D eigenvalue weighted by atomic mass is 16.6. The van der Waals surface area contributed by atoms with E-state index in [2.05, 4.69) is 9.80 Å². The molecular formula is C26H37N3O4. The van der Waals surface area contributed by atoms with Crippen LogP contribution in [0.3, 0.4) is 0 Å². The number of β-amino-alcohol motifs (C(OH)–C–C–N with tert-alkyl or cyclic N) is 1. The van der Waals surface area contributed by atoms with E-state index >= 15 is 0 Å². The molecule has 33 heavy (non-hydrogen) atoms. The standard InChI is InChI=1S/C26H37N3O4/c1-19-24(31)29-21(10-14-27-15-13-26(11-12-26)23(30)17-27)8-5-9-22(29)16-28(19)25(32)33-18-20-6-3-2-4-7-20/h2-4,6-7,19,21-23,30H,5,8-18H2,1H3/t19-,21+,22-,23+/m0/s1. The Morgan fingerprint density at radius 3 is 2.67 bits per heavy atom. The van der Waals surface area contributed by atoms with Gasteiger partial charge < -0.3 is 19.6 Å². The molecule has 1 aliphatic carbocycles. The van der Waals surface area contributed by atoms with Crippen LogP contribution in [0, 0.1) is 5.41 Å². The average Bonchev–Trinajstić information content (AvgIpc) is 3.62. The number of aliphatic hydroxyl groups is 1. The Bertz CT molecular complexity index is 858. The first kappa shape index (κ1) is 22.7. The summed E-state index contributed by atoms with van der Waals surface area (Å²) in [5.74, 6) is 0.0447. The Balaban J connectivity index is 1.16. The first-order chi connectivity index (χ1) is 16.0. The maximum absolute atomic E-state index is 13.4. The summed E-state index contributed by atoms with van der Waals surface area (Å²) in [7, 11) is 0. The van der Waals surface area contributed by atoms with Crippen LogP contribution in [-0.4, -0.2) is 82.2 Å².